The van der Waals surface area contributed by atoms with Crippen LogP contribution >= 0.6 is 0 Å². The maximum Gasteiger partial charge on any atom is 0.254 e. The lowest BCUT2D eigenvalue weighted by atomic mass is 9.95. The van der Waals surface area contributed by atoms with Crippen LogP contribution in [0.4, 0.5) is 0 Å². The van der Waals surface area contributed by atoms with Gasteiger partial charge >= 0.3 is 0 Å². The fourth-order valence-electron chi connectivity index (χ4n) is 4.29. The third-order valence-corrected chi connectivity index (χ3v) is 5.96. The summed E-state index contributed by atoms with van der Waals surface area (Å²) in [4.78, 5) is 29.9. The second-order valence-corrected chi connectivity index (χ2v) is 8.12. The van der Waals surface area contributed by atoms with Gasteiger partial charge in [-0.1, -0.05) is 48.5 Å². The molecule has 1 fully saturated rings. The Morgan fingerprint density at radius 1 is 1.06 bits per heavy atom. The SMILES string of the molecule is CN(Cc1ccc(C#N)cc1)C(=O)C1CCCN(C(=O)c2cccc3ccccc23)C1. The molecule has 1 saturated heterocycles. The normalized spacial score (nSPS) is 16.0. The van der Waals surface area contributed by atoms with Gasteiger partial charge in [0.1, 0.15) is 0 Å². The van der Waals surface area contributed by atoms with Gasteiger partial charge < -0.3 is 9.80 Å². The van der Waals surface area contributed by atoms with Crippen molar-refractivity contribution in [3.05, 3.63) is 83.4 Å². The van der Waals surface area contributed by atoms with E-state index in [1.807, 2.05) is 59.5 Å². The van der Waals surface area contributed by atoms with Gasteiger partial charge in [0.15, 0.2) is 0 Å². The summed E-state index contributed by atoms with van der Waals surface area (Å²) in [6.07, 6.45) is 1.60. The number of nitriles is 1. The molecule has 31 heavy (non-hydrogen) atoms. The molecule has 0 spiro atoms. The van der Waals surface area contributed by atoms with E-state index < -0.39 is 0 Å². The van der Waals surface area contributed by atoms with Crippen molar-refractivity contribution in [2.75, 3.05) is 20.1 Å². The summed E-state index contributed by atoms with van der Waals surface area (Å²) in [6, 6.07) is 23.1. The van der Waals surface area contributed by atoms with E-state index in [-0.39, 0.29) is 17.7 Å². The van der Waals surface area contributed by atoms with Gasteiger partial charge in [-0.15, -0.1) is 0 Å². The molecule has 5 nitrogen and oxygen atoms in total. The van der Waals surface area contributed by atoms with Gasteiger partial charge in [0.25, 0.3) is 5.91 Å². The van der Waals surface area contributed by atoms with Crippen LogP contribution in [0.25, 0.3) is 10.8 Å². The minimum absolute atomic E-state index is 0.0101. The van der Waals surface area contributed by atoms with E-state index in [2.05, 4.69) is 6.07 Å². The van der Waals surface area contributed by atoms with Crippen LogP contribution in [0.1, 0.15) is 34.3 Å². The van der Waals surface area contributed by atoms with Crippen LogP contribution in [0, 0.1) is 17.2 Å². The minimum atomic E-state index is -0.198. The topological polar surface area (TPSA) is 64.4 Å². The predicted octanol–water partition coefficient (Wildman–Crippen LogP) is 4.22. The molecule has 1 aliphatic heterocycles. The number of piperidine rings is 1. The number of hydrogen-bond donors (Lipinski definition) is 0. The van der Waals surface area contributed by atoms with Gasteiger partial charge in [-0.05, 0) is 47.4 Å². The highest BCUT2D eigenvalue weighted by molar-refractivity contribution is 6.07. The summed E-state index contributed by atoms with van der Waals surface area (Å²) in [6.45, 7) is 1.60. The molecular weight excluding hydrogens is 386 g/mol. The van der Waals surface area contributed by atoms with Crippen LogP contribution < -0.4 is 0 Å². The average molecular weight is 412 g/mol. The zero-order valence-corrected chi connectivity index (χ0v) is 17.6. The number of likely N-dealkylation sites (tertiary alicyclic amines) is 1. The zero-order chi connectivity index (χ0) is 21.8. The number of carbonyl (C=O) groups is 2. The van der Waals surface area contributed by atoms with Crippen LogP contribution in [0.15, 0.2) is 66.7 Å². The predicted molar refractivity (Wildman–Crippen MR) is 120 cm³/mol. The summed E-state index contributed by atoms with van der Waals surface area (Å²) in [5, 5.41) is 10.9. The Morgan fingerprint density at radius 2 is 1.81 bits per heavy atom. The number of rotatable bonds is 4. The molecule has 0 N–H and O–H groups in total. The molecule has 156 valence electrons. The molecule has 2 amide bonds. The Hall–Kier alpha value is -3.65. The Labute approximate surface area is 182 Å². The highest BCUT2D eigenvalue weighted by atomic mass is 16.2. The van der Waals surface area contributed by atoms with Crippen LogP contribution in [-0.2, 0) is 11.3 Å². The Kier molecular flexibility index (Phi) is 5.99. The molecule has 0 aliphatic carbocycles. The molecule has 0 radical (unpaired) electrons. The maximum absolute atomic E-state index is 13.3. The first kappa shape index (κ1) is 20.6. The largest absolute Gasteiger partial charge is 0.341 e. The van der Waals surface area contributed by atoms with Gasteiger partial charge in [-0.2, -0.15) is 5.26 Å². The first-order valence-electron chi connectivity index (χ1n) is 10.6. The van der Waals surface area contributed by atoms with Crippen LogP contribution in [0.2, 0.25) is 0 Å². The van der Waals surface area contributed by atoms with Crippen molar-refractivity contribution in [2.24, 2.45) is 5.92 Å². The van der Waals surface area contributed by atoms with E-state index in [4.69, 9.17) is 5.26 Å². The highest BCUT2D eigenvalue weighted by Gasteiger charge is 2.31. The van der Waals surface area contributed by atoms with E-state index in [1.165, 1.54) is 0 Å². The van der Waals surface area contributed by atoms with Crippen molar-refractivity contribution >= 4 is 22.6 Å². The molecule has 1 heterocycles. The fourth-order valence-corrected chi connectivity index (χ4v) is 4.29. The number of carbonyl (C=O) groups excluding carboxylic acids is 2. The lowest BCUT2D eigenvalue weighted by molar-refractivity contribution is -0.136. The Morgan fingerprint density at radius 3 is 2.58 bits per heavy atom. The van der Waals surface area contributed by atoms with Crippen LogP contribution in [0.3, 0.4) is 0 Å². The van der Waals surface area contributed by atoms with E-state index in [0.29, 0.717) is 30.8 Å². The highest BCUT2D eigenvalue weighted by Crippen LogP contribution is 2.24. The summed E-state index contributed by atoms with van der Waals surface area (Å²) < 4.78 is 0. The number of hydrogen-bond acceptors (Lipinski definition) is 3. The smallest absolute Gasteiger partial charge is 0.254 e. The maximum atomic E-state index is 13.3. The van der Waals surface area contributed by atoms with Gasteiger partial charge in [-0.3, -0.25) is 9.59 Å². The lowest BCUT2D eigenvalue weighted by Crippen LogP contribution is -2.45. The zero-order valence-electron chi connectivity index (χ0n) is 17.6. The van der Waals surface area contributed by atoms with E-state index in [0.717, 1.165) is 29.2 Å². The van der Waals surface area contributed by atoms with Crippen molar-refractivity contribution in [3.8, 4) is 6.07 Å². The number of amides is 2. The first-order chi connectivity index (χ1) is 15.1. The molecular formula is C26H25N3O2. The third kappa shape index (κ3) is 4.44. The third-order valence-electron chi connectivity index (χ3n) is 5.96. The second-order valence-electron chi connectivity index (χ2n) is 8.12. The molecule has 0 saturated carbocycles. The van der Waals surface area contributed by atoms with Crippen LogP contribution in [0.5, 0.6) is 0 Å². The molecule has 1 atom stereocenters. The van der Waals surface area contributed by atoms with Crippen LogP contribution in [-0.4, -0.2) is 41.8 Å². The second kappa shape index (κ2) is 9.01. The quantitative estimate of drug-likeness (QED) is 0.646. The summed E-state index contributed by atoms with van der Waals surface area (Å²) in [7, 11) is 1.80. The lowest BCUT2D eigenvalue weighted by Gasteiger charge is -2.34. The average Bonchev–Trinajstić information content (AvgIpc) is 2.83. The molecule has 3 aromatic carbocycles. The summed E-state index contributed by atoms with van der Waals surface area (Å²) in [5.74, 6) is -0.153. The number of nitrogens with zero attached hydrogens (tertiary/aromatic N) is 3. The van der Waals surface area contributed by atoms with Gasteiger partial charge in [0, 0.05) is 32.2 Å². The van der Waals surface area contributed by atoms with Crippen molar-refractivity contribution in [3.63, 3.8) is 0 Å². The first-order valence-corrected chi connectivity index (χ1v) is 10.6. The van der Waals surface area contributed by atoms with Crippen molar-refractivity contribution in [2.45, 2.75) is 19.4 Å². The van der Waals surface area contributed by atoms with Crippen molar-refractivity contribution in [1.82, 2.24) is 9.80 Å². The minimum Gasteiger partial charge on any atom is -0.341 e. The molecule has 0 bridgehead atoms. The van der Waals surface area contributed by atoms with Gasteiger partial charge in [0.2, 0.25) is 5.91 Å². The van der Waals surface area contributed by atoms with Crippen molar-refractivity contribution < 1.29 is 9.59 Å². The fraction of sp³-hybridized carbons (Fsp3) is 0.269. The van der Waals surface area contributed by atoms with E-state index in [9.17, 15) is 9.59 Å². The van der Waals surface area contributed by atoms with Crippen molar-refractivity contribution in [1.29, 1.82) is 5.26 Å². The van der Waals surface area contributed by atoms with E-state index in [1.54, 1.807) is 24.1 Å². The standard InChI is InChI=1S/C26H25N3O2/c1-28(17-20-13-11-19(16-27)12-14-20)25(30)22-8-5-15-29(18-22)26(31)24-10-4-7-21-6-2-3-9-23(21)24/h2-4,6-7,9-14,22H,5,8,15,17-18H2,1H3. The molecule has 4 rings (SSSR count). The Bertz CT molecular complexity index is 1140. The Balaban J connectivity index is 1.45. The monoisotopic (exact) mass is 411 g/mol. The number of benzene rings is 3. The summed E-state index contributed by atoms with van der Waals surface area (Å²) in [5.41, 5.74) is 2.28. The summed E-state index contributed by atoms with van der Waals surface area (Å²) >= 11 is 0. The molecule has 3 aromatic rings. The molecule has 1 unspecified atom stereocenters. The molecule has 1 aliphatic rings. The molecule has 5 heteroatoms. The molecule has 0 aromatic heterocycles. The number of fused-ring (bicyclic) bond motifs is 1. The van der Waals surface area contributed by atoms with Gasteiger partial charge in [-0.25, -0.2) is 0 Å². The van der Waals surface area contributed by atoms with Gasteiger partial charge in [0.05, 0.1) is 17.6 Å². The van der Waals surface area contributed by atoms with E-state index >= 15 is 0 Å².